The molecule has 1 atom stereocenters. The number of para-hydroxylation sites is 2. The number of anilines is 2. The number of imide groups is 1. The van der Waals surface area contributed by atoms with Crippen LogP contribution < -0.4 is 16.4 Å². The minimum atomic E-state index is -1.14. The highest BCUT2D eigenvalue weighted by molar-refractivity contribution is 6.00. The molecule has 136 valence electrons. The number of carbonyl (C=O) groups excluding carboxylic acids is 3. The van der Waals surface area contributed by atoms with E-state index in [4.69, 9.17) is 10.5 Å². The minimum Gasteiger partial charge on any atom is -0.448 e. The van der Waals surface area contributed by atoms with E-state index in [0.717, 1.165) is 5.69 Å². The topological polar surface area (TPSA) is 111 Å². The number of amides is 3. The molecule has 2 aromatic carbocycles. The van der Waals surface area contributed by atoms with Gasteiger partial charge in [-0.2, -0.15) is 0 Å². The second kappa shape index (κ2) is 8.66. The van der Waals surface area contributed by atoms with Gasteiger partial charge in [0, 0.05) is 5.69 Å². The third-order valence-electron chi connectivity index (χ3n) is 3.54. The minimum absolute atomic E-state index is 0.272. The quantitative estimate of drug-likeness (QED) is 0.690. The zero-order chi connectivity index (χ0) is 19.1. The summed E-state index contributed by atoms with van der Waals surface area (Å²) in [7, 11) is 0. The smallest absolute Gasteiger partial charge is 0.341 e. The summed E-state index contributed by atoms with van der Waals surface area (Å²) in [5.41, 5.74) is 6.58. The average molecular weight is 355 g/mol. The lowest BCUT2D eigenvalue weighted by Gasteiger charge is -2.20. The van der Waals surface area contributed by atoms with Crippen molar-refractivity contribution in [2.24, 2.45) is 11.7 Å². The van der Waals surface area contributed by atoms with Crippen molar-refractivity contribution < 1.29 is 19.1 Å². The van der Waals surface area contributed by atoms with E-state index in [0.29, 0.717) is 5.69 Å². The van der Waals surface area contributed by atoms with Crippen molar-refractivity contribution in [3.63, 3.8) is 0 Å². The Morgan fingerprint density at radius 2 is 1.58 bits per heavy atom. The predicted octanol–water partition coefficient (Wildman–Crippen LogP) is 2.81. The van der Waals surface area contributed by atoms with E-state index in [1.54, 1.807) is 38.1 Å². The molecule has 0 fully saturated rings. The molecule has 3 amide bonds. The van der Waals surface area contributed by atoms with Crippen LogP contribution in [0.15, 0.2) is 54.6 Å². The zero-order valence-corrected chi connectivity index (χ0v) is 14.6. The maximum absolute atomic E-state index is 12.6. The van der Waals surface area contributed by atoms with Gasteiger partial charge < -0.3 is 15.8 Å². The predicted molar refractivity (Wildman–Crippen MR) is 97.9 cm³/mol. The molecule has 7 nitrogen and oxygen atoms in total. The van der Waals surface area contributed by atoms with Crippen molar-refractivity contribution in [1.82, 2.24) is 5.32 Å². The molecule has 0 bridgehead atoms. The molecule has 7 heteroatoms. The third-order valence-corrected chi connectivity index (χ3v) is 3.54. The van der Waals surface area contributed by atoms with E-state index >= 15 is 0 Å². The lowest BCUT2D eigenvalue weighted by Crippen LogP contribution is -2.45. The fourth-order valence-electron chi connectivity index (χ4n) is 2.31. The largest absolute Gasteiger partial charge is 0.448 e. The summed E-state index contributed by atoms with van der Waals surface area (Å²) in [6.07, 6.45) is -1.14. The Balaban J connectivity index is 2.20. The molecule has 0 aliphatic heterocycles. The lowest BCUT2D eigenvalue weighted by molar-refractivity contribution is -0.130. The second-order valence-electron chi connectivity index (χ2n) is 5.96. The van der Waals surface area contributed by atoms with Gasteiger partial charge in [0.15, 0.2) is 6.10 Å². The molecule has 2 rings (SSSR count). The van der Waals surface area contributed by atoms with Crippen molar-refractivity contribution in [1.29, 1.82) is 0 Å². The summed E-state index contributed by atoms with van der Waals surface area (Å²) in [5.74, 6) is -1.77. The Labute approximate surface area is 151 Å². The van der Waals surface area contributed by atoms with Gasteiger partial charge in [-0.05, 0) is 30.2 Å². The maximum atomic E-state index is 12.6. The first-order chi connectivity index (χ1) is 12.4. The molecule has 0 saturated carbocycles. The number of primary amides is 1. The number of benzene rings is 2. The molecule has 0 aromatic heterocycles. The number of hydrogen-bond donors (Lipinski definition) is 3. The molecular weight excluding hydrogens is 334 g/mol. The molecular formula is C19H21N3O4. The van der Waals surface area contributed by atoms with Gasteiger partial charge in [0.1, 0.15) is 0 Å². The molecule has 0 spiro atoms. The molecule has 2 aromatic rings. The highest BCUT2D eigenvalue weighted by atomic mass is 16.5. The summed E-state index contributed by atoms with van der Waals surface area (Å²) < 4.78 is 5.34. The van der Waals surface area contributed by atoms with Crippen LogP contribution in [0.2, 0.25) is 0 Å². The number of rotatable bonds is 6. The highest BCUT2D eigenvalue weighted by Gasteiger charge is 2.28. The Kier molecular flexibility index (Phi) is 6.32. The van der Waals surface area contributed by atoms with Crippen LogP contribution in [0.5, 0.6) is 0 Å². The van der Waals surface area contributed by atoms with Gasteiger partial charge in [-0.3, -0.25) is 10.1 Å². The third kappa shape index (κ3) is 5.07. The monoisotopic (exact) mass is 355 g/mol. The normalized spacial score (nSPS) is 11.5. The van der Waals surface area contributed by atoms with Crippen LogP contribution in [-0.2, 0) is 9.53 Å². The van der Waals surface area contributed by atoms with Crippen LogP contribution in [0.1, 0.15) is 24.2 Å². The van der Waals surface area contributed by atoms with Crippen molar-refractivity contribution in [3.8, 4) is 0 Å². The van der Waals surface area contributed by atoms with Crippen LogP contribution in [0, 0.1) is 5.92 Å². The lowest BCUT2D eigenvalue weighted by atomic mass is 10.1. The Morgan fingerprint density at radius 1 is 0.962 bits per heavy atom. The van der Waals surface area contributed by atoms with Crippen LogP contribution in [0.25, 0.3) is 0 Å². The number of nitrogens with one attached hydrogen (secondary N) is 2. The van der Waals surface area contributed by atoms with E-state index in [2.05, 4.69) is 5.32 Å². The summed E-state index contributed by atoms with van der Waals surface area (Å²) in [6, 6.07) is 15.1. The molecule has 0 unspecified atom stereocenters. The second-order valence-corrected chi connectivity index (χ2v) is 5.96. The van der Waals surface area contributed by atoms with E-state index in [1.807, 2.05) is 35.6 Å². The summed E-state index contributed by atoms with van der Waals surface area (Å²) >= 11 is 0. The first-order valence-corrected chi connectivity index (χ1v) is 8.11. The fourth-order valence-corrected chi connectivity index (χ4v) is 2.31. The van der Waals surface area contributed by atoms with Gasteiger partial charge in [-0.1, -0.05) is 44.2 Å². The fraction of sp³-hybridized carbons (Fsp3) is 0.211. The van der Waals surface area contributed by atoms with Crippen LogP contribution in [0.3, 0.4) is 0 Å². The summed E-state index contributed by atoms with van der Waals surface area (Å²) in [4.78, 5) is 35.5. The SMILES string of the molecule is CC(C)[C@@H](OC(=O)c1ccccc1Nc1ccccc1)C(=O)NC(N)=O. The molecule has 0 aliphatic carbocycles. The summed E-state index contributed by atoms with van der Waals surface area (Å²) in [6.45, 7) is 3.40. The number of hydrogen-bond acceptors (Lipinski definition) is 5. The Morgan fingerprint density at radius 3 is 2.19 bits per heavy atom. The van der Waals surface area contributed by atoms with E-state index in [-0.39, 0.29) is 11.5 Å². The number of esters is 1. The number of urea groups is 1. The van der Waals surface area contributed by atoms with Crippen LogP contribution >= 0.6 is 0 Å². The molecule has 0 aliphatic rings. The van der Waals surface area contributed by atoms with Gasteiger partial charge in [-0.25, -0.2) is 9.59 Å². The zero-order valence-electron chi connectivity index (χ0n) is 14.6. The molecule has 0 saturated heterocycles. The average Bonchev–Trinajstić information content (AvgIpc) is 2.60. The van der Waals surface area contributed by atoms with E-state index < -0.39 is 24.0 Å². The van der Waals surface area contributed by atoms with Gasteiger partial charge in [0.2, 0.25) is 0 Å². The van der Waals surface area contributed by atoms with E-state index in [9.17, 15) is 14.4 Å². The number of nitrogens with two attached hydrogens (primary N) is 1. The first-order valence-electron chi connectivity index (χ1n) is 8.11. The first kappa shape index (κ1) is 19.0. The van der Waals surface area contributed by atoms with Crippen LogP contribution in [-0.4, -0.2) is 24.0 Å². The molecule has 4 N–H and O–H groups in total. The van der Waals surface area contributed by atoms with Gasteiger partial charge in [-0.15, -0.1) is 0 Å². The van der Waals surface area contributed by atoms with Crippen LogP contribution in [0.4, 0.5) is 16.2 Å². The number of ether oxygens (including phenoxy) is 1. The molecule has 26 heavy (non-hydrogen) atoms. The van der Waals surface area contributed by atoms with E-state index in [1.165, 1.54) is 0 Å². The Hall–Kier alpha value is -3.35. The van der Waals surface area contributed by atoms with Crippen molar-refractivity contribution >= 4 is 29.3 Å². The summed E-state index contributed by atoms with van der Waals surface area (Å²) in [5, 5.41) is 5.08. The van der Waals surface area contributed by atoms with Gasteiger partial charge >= 0.3 is 12.0 Å². The number of carbonyl (C=O) groups is 3. The molecule has 0 heterocycles. The molecule has 0 radical (unpaired) electrons. The van der Waals surface area contributed by atoms with Crippen molar-refractivity contribution in [3.05, 3.63) is 60.2 Å². The van der Waals surface area contributed by atoms with Crippen molar-refractivity contribution in [2.75, 3.05) is 5.32 Å². The van der Waals surface area contributed by atoms with Gasteiger partial charge in [0.25, 0.3) is 5.91 Å². The Bertz CT molecular complexity index is 790. The maximum Gasteiger partial charge on any atom is 0.341 e. The standard InChI is InChI=1S/C19H21N3O4/c1-12(2)16(17(23)22-19(20)25)26-18(24)14-10-6-7-11-15(14)21-13-8-4-3-5-9-13/h3-12,16,21H,1-2H3,(H3,20,22,23,25)/t16-/m1/s1. The van der Waals surface area contributed by atoms with Gasteiger partial charge in [0.05, 0.1) is 11.3 Å². The highest BCUT2D eigenvalue weighted by Crippen LogP contribution is 2.22. The van der Waals surface area contributed by atoms with Crippen molar-refractivity contribution in [2.45, 2.75) is 20.0 Å².